The van der Waals surface area contributed by atoms with Crippen LogP contribution in [0.2, 0.25) is 0 Å². The third kappa shape index (κ3) is 4.48. The molecule has 0 aliphatic carbocycles. The molecule has 2 N–H and O–H groups in total. The summed E-state index contributed by atoms with van der Waals surface area (Å²) in [5.41, 5.74) is 6.89. The Morgan fingerprint density at radius 2 is 2.00 bits per heavy atom. The van der Waals surface area contributed by atoms with Crippen LogP contribution in [0.4, 0.5) is 0 Å². The second-order valence-electron chi connectivity index (χ2n) is 4.41. The van der Waals surface area contributed by atoms with Crippen LogP contribution in [-0.4, -0.2) is 22.9 Å². The standard InChI is InChI=1S/C16H17N3O2/c1-13-4-9-16(20)19(18-13)11-12-21-15-7-5-14(6-8-15)3-2-10-17/h4-9H,10-12,17H2,1H3. The second kappa shape index (κ2) is 7.27. The second-order valence-corrected chi connectivity index (χ2v) is 4.41. The van der Waals surface area contributed by atoms with Gasteiger partial charge < -0.3 is 10.5 Å². The maximum Gasteiger partial charge on any atom is 0.266 e. The van der Waals surface area contributed by atoms with Gasteiger partial charge in [-0.05, 0) is 37.3 Å². The van der Waals surface area contributed by atoms with E-state index in [0.29, 0.717) is 19.7 Å². The molecule has 0 saturated carbocycles. The van der Waals surface area contributed by atoms with Crippen LogP contribution >= 0.6 is 0 Å². The molecule has 0 spiro atoms. The van der Waals surface area contributed by atoms with Crippen LogP contribution in [0.25, 0.3) is 0 Å². The SMILES string of the molecule is Cc1ccc(=O)n(CCOc2ccc(C#CCN)cc2)n1. The molecule has 0 radical (unpaired) electrons. The van der Waals surface area contributed by atoms with Crippen LogP contribution < -0.4 is 16.0 Å². The topological polar surface area (TPSA) is 70.1 Å². The van der Waals surface area contributed by atoms with E-state index in [4.69, 9.17) is 10.5 Å². The Labute approximate surface area is 123 Å². The Hall–Kier alpha value is -2.58. The third-order valence-electron chi connectivity index (χ3n) is 2.76. The molecule has 0 aliphatic heterocycles. The maximum atomic E-state index is 11.6. The van der Waals surface area contributed by atoms with E-state index in [0.717, 1.165) is 17.0 Å². The number of nitrogens with two attached hydrogens (primary N) is 1. The summed E-state index contributed by atoms with van der Waals surface area (Å²) in [6, 6.07) is 10.6. The van der Waals surface area contributed by atoms with Gasteiger partial charge in [-0.1, -0.05) is 11.8 Å². The highest BCUT2D eigenvalue weighted by Gasteiger charge is 1.99. The lowest BCUT2D eigenvalue weighted by Gasteiger charge is -2.07. The van der Waals surface area contributed by atoms with Crippen molar-refractivity contribution in [3.8, 4) is 17.6 Å². The molecule has 1 heterocycles. The van der Waals surface area contributed by atoms with Crippen molar-refractivity contribution in [1.29, 1.82) is 0 Å². The molecular formula is C16H17N3O2. The van der Waals surface area contributed by atoms with E-state index in [2.05, 4.69) is 16.9 Å². The van der Waals surface area contributed by atoms with Crippen LogP contribution in [-0.2, 0) is 6.54 Å². The summed E-state index contributed by atoms with van der Waals surface area (Å²) in [6.45, 7) is 2.98. The molecular weight excluding hydrogens is 266 g/mol. The minimum absolute atomic E-state index is 0.128. The summed E-state index contributed by atoms with van der Waals surface area (Å²) in [6.07, 6.45) is 0. The minimum Gasteiger partial charge on any atom is -0.492 e. The monoisotopic (exact) mass is 283 g/mol. The number of ether oxygens (including phenoxy) is 1. The summed E-state index contributed by atoms with van der Waals surface area (Å²) in [5.74, 6) is 6.46. The number of hydrogen-bond acceptors (Lipinski definition) is 4. The quantitative estimate of drug-likeness (QED) is 0.848. The summed E-state index contributed by atoms with van der Waals surface area (Å²) in [5, 5.41) is 4.15. The lowest BCUT2D eigenvalue weighted by Crippen LogP contribution is -2.25. The van der Waals surface area contributed by atoms with Crippen molar-refractivity contribution in [2.75, 3.05) is 13.2 Å². The van der Waals surface area contributed by atoms with Gasteiger partial charge in [0, 0.05) is 11.6 Å². The Kier molecular flexibility index (Phi) is 5.13. The van der Waals surface area contributed by atoms with Gasteiger partial charge in [0.15, 0.2) is 0 Å². The molecule has 2 aromatic rings. The number of hydrogen-bond donors (Lipinski definition) is 1. The fourth-order valence-electron chi connectivity index (χ4n) is 1.75. The van der Waals surface area contributed by atoms with Crippen molar-refractivity contribution in [2.45, 2.75) is 13.5 Å². The van der Waals surface area contributed by atoms with E-state index in [1.165, 1.54) is 10.7 Å². The number of benzene rings is 1. The highest BCUT2D eigenvalue weighted by atomic mass is 16.5. The molecule has 0 amide bonds. The summed E-state index contributed by atoms with van der Waals surface area (Å²) in [4.78, 5) is 11.6. The molecule has 2 rings (SSSR count). The van der Waals surface area contributed by atoms with Crippen molar-refractivity contribution in [2.24, 2.45) is 5.73 Å². The first-order chi connectivity index (χ1) is 10.2. The van der Waals surface area contributed by atoms with Gasteiger partial charge in [-0.25, -0.2) is 4.68 Å². The molecule has 108 valence electrons. The lowest BCUT2D eigenvalue weighted by molar-refractivity contribution is 0.287. The highest BCUT2D eigenvalue weighted by Crippen LogP contribution is 2.11. The van der Waals surface area contributed by atoms with Crippen molar-refractivity contribution >= 4 is 0 Å². The van der Waals surface area contributed by atoms with Crippen molar-refractivity contribution in [3.63, 3.8) is 0 Å². The van der Waals surface area contributed by atoms with E-state index in [-0.39, 0.29) is 5.56 Å². The van der Waals surface area contributed by atoms with Gasteiger partial charge in [-0.2, -0.15) is 5.10 Å². The van der Waals surface area contributed by atoms with Gasteiger partial charge in [0.05, 0.1) is 18.8 Å². The summed E-state index contributed by atoms with van der Waals surface area (Å²) in [7, 11) is 0. The predicted molar refractivity (Wildman–Crippen MR) is 81.1 cm³/mol. The number of aromatic nitrogens is 2. The van der Waals surface area contributed by atoms with Crippen molar-refractivity contribution in [1.82, 2.24) is 9.78 Å². The zero-order valence-electron chi connectivity index (χ0n) is 11.9. The first-order valence-corrected chi connectivity index (χ1v) is 6.65. The Morgan fingerprint density at radius 1 is 1.24 bits per heavy atom. The summed E-state index contributed by atoms with van der Waals surface area (Å²) < 4.78 is 6.99. The van der Waals surface area contributed by atoms with Crippen LogP contribution in [0, 0.1) is 18.8 Å². The molecule has 0 atom stereocenters. The van der Waals surface area contributed by atoms with Gasteiger partial charge in [-0.15, -0.1) is 0 Å². The normalized spacial score (nSPS) is 9.81. The van der Waals surface area contributed by atoms with Crippen LogP contribution in [0.3, 0.4) is 0 Å². The Bertz CT molecular complexity index is 709. The van der Waals surface area contributed by atoms with Crippen LogP contribution in [0.5, 0.6) is 5.75 Å². The van der Waals surface area contributed by atoms with Gasteiger partial charge in [0.1, 0.15) is 12.4 Å². The van der Waals surface area contributed by atoms with Gasteiger partial charge >= 0.3 is 0 Å². The van der Waals surface area contributed by atoms with E-state index in [1.807, 2.05) is 31.2 Å². The molecule has 5 nitrogen and oxygen atoms in total. The van der Waals surface area contributed by atoms with E-state index >= 15 is 0 Å². The first-order valence-electron chi connectivity index (χ1n) is 6.65. The van der Waals surface area contributed by atoms with Gasteiger partial charge in [0.2, 0.25) is 0 Å². The predicted octanol–water partition coefficient (Wildman–Crippen LogP) is 0.941. The average molecular weight is 283 g/mol. The molecule has 0 bridgehead atoms. The zero-order chi connectivity index (χ0) is 15.1. The number of aryl methyl sites for hydroxylation is 1. The van der Waals surface area contributed by atoms with E-state index in [9.17, 15) is 4.79 Å². The van der Waals surface area contributed by atoms with Crippen LogP contribution in [0.1, 0.15) is 11.3 Å². The third-order valence-corrected chi connectivity index (χ3v) is 2.76. The van der Waals surface area contributed by atoms with Crippen molar-refractivity contribution < 1.29 is 4.74 Å². The molecule has 21 heavy (non-hydrogen) atoms. The maximum absolute atomic E-state index is 11.6. The Morgan fingerprint density at radius 3 is 2.71 bits per heavy atom. The van der Waals surface area contributed by atoms with Gasteiger partial charge in [-0.3, -0.25) is 4.79 Å². The van der Waals surface area contributed by atoms with E-state index < -0.39 is 0 Å². The fraction of sp³-hybridized carbons (Fsp3) is 0.250. The molecule has 0 saturated heterocycles. The smallest absolute Gasteiger partial charge is 0.266 e. The number of nitrogens with zero attached hydrogens (tertiary/aromatic N) is 2. The molecule has 0 aliphatic rings. The largest absolute Gasteiger partial charge is 0.492 e. The van der Waals surface area contributed by atoms with Crippen molar-refractivity contribution in [3.05, 3.63) is 58.0 Å². The molecule has 1 aromatic carbocycles. The fourth-order valence-corrected chi connectivity index (χ4v) is 1.75. The first kappa shape index (κ1) is 14.8. The van der Waals surface area contributed by atoms with Gasteiger partial charge in [0.25, 0.3) is 5.56 Å². The Balaban J connectivity index is 1.91. The van der Waals surface area contributed by atoms with E-state index in [1.54, 1.807) is 6.07 Å². The molecule has 0 unspecified atom stereocenters. The number of rotatable bonds is 4. The molecule has 0 fully saturated rings. The van der Waals surface area contributed by atoms with Crippen LogP contribution in [0.15, 0.2) is 41.2 Å². The summed E-state index contributed by atoms with van der Waals surface area (Å²) >= 11 is 0. The minimum atomic E-state index is -0.128. The molecule has 5 heteroatoms. The molecule has 1 aromatic heterocycles. The highest BCUT2D eigenvalue weighted by molar-refractivity contribution is 5.38. The average Bonchev–Trinajstić information content (AvgIpc) is 2.50. The lowest BCUT2D eigenvalue weighted by atomic mass is 10.2. The zero-order valence-corrected chi connectivity index (χ0v) is 11.9.